The summed E-state index contributed by atoms with van der Waals surface area (Å²) in [5.74, 6) is 1.10. The van der Waals surface area contributed by atoms with Crippen molar-refractivity contribution in [2.75, 3.05) is 18.4 Å². The van der Waals surface area contributed by atoms with Crippen molar-refractivity contribution in [3.63, 3.8) is 0 Å². The zero-order valence-corrected chi connectivity index (χ0v) is 17.1. The molecule has 1 atom stereocenters. The lowest BCUT2D eigenvalue weighted by atomic mass is 10.0. The number of alkyl halides is 2. The smallest absolute Gasteiger partial charge is 0.320 e. The third kappa shape index (κ3) is 4.13. The summed E-state index contributed by atoms with van der Waals surface area (Å²) >= 11 is 0. The average molecular weight is 423 g/mol. The minimum Gasteiger partial charge on any atom is -0.320 e. The molecule has 4 heterocycles. The highest BCUT2D eigenvalue weighted by Gasteiger charge is 2.18. The van der Waals surface area contributed by atoms with Gasteiger partial charge in [0.1, 0.15) is 0 Å². The van der Waals surface area contributed by atoms with Crippen molar-refractivity contribution in [2.24, 2.45) is 5.92 Å². The first-order valence-electron chi connectivity index (χ1n) is 10.3. The quantitative estimate of drug-likeness (QED) is 0.492. The largest absolute Gasteiger partial charge is 0.333 e. The molecule has 1 N–H and O–H groups in total. The topological polar surface area (TPSA) is 63.3 Å². The molecule has 31 heavy (non-hydrogen) atoms. The molecule has 1 fully saturated rings. The van der Waals surface area contributed by atoms with Crippen LogP contribution < -0.4 is 5.32 Å². The fourth-order valence-corrected chi connectivity index (χ4v) is 4.04. The van der Waals surface area contributed by atoms with E-state index >= 15 is 0 Å². The van der Waals surface area contributed by atoms with Gasteiger partial charge >= 0.3 is 6.55 Å². The van der Waals surface area contributed by atoms with Gasteiger partial charge in [-0.2, -0.15) is 18.9 Å². The van der Waals surface area contributed by atoms with Gasteiger partial charge in [0.15, 0.2) is 5.65 Å². The first kappa shape index (κ1) is 19.6. The average Bonchev–Trinajstić information content (AvgIpc) is 3.48. The van der Waals surface area contributed by atoms with Crippen LogP contribution >= 0.6 is 0 Å². The Bertz CT molecular complexity index is 1180. The molecule has 1 aliphatic heterocycles. The van der Waals surface area contributed by atoms with Crippen LogP contribution in [0.3, 0.4) is 0 Å². The van der Waals surface area contributed by atoms with Crippen molar-refractivity contribution < 1.29 is 8.78 Å². The Kier molecular flexibility index (Phi) is 5.11. The van der Waals surface area contributed by atoms with Crippen LogP contribution in [0.25, 0.3) is 16.8 Å². The molecular formula is C22H23F2N7. The van der Waals surface area contributed by atoms with Crippen molar-refractivity contribution in [3.8, 4) is 11.1 Å². The Balaban J connectivity index is 1.37. The summed E-state index contributed by atoms with van der Waals surface area (Å²) in [4.78, 5) is 7.05. The summed E-state index contributed by atoms with van der Waals surface area (Å²) in [5.41, 5.74) is 4.39. The maximum Gasteiger partial charge on any atom is 0.333 e. The fraction of sp³-hybridized carbons (Fsp3) is 0.318. The van der Waals surface area contributed by atoms with Gasteiger partial charge in [-0.15, -0.1) is 5.10 Å². The standard InChI is InChI=1S/C22H23F2N7/c1-15-8-10-29(12-15)13-16-4-6-17(7-5-16)19-3-2-9-30-20(19)27-22(28-30)26-18-11-25-31(14-18)21(23)24/h2-7,9,11,14-15,21H,8,10,12-13H2,1H3,(H,26,28)/t15-/m0/s1. The molecule has 0 radical (unpaired) electrons. The Hall–Kier alpha value is -3.33. The lowest BCUT2D eigenvalue weighted by Gasteiger charge is -2.15. The Morgan fingerprint density at radius 1 is 1.19 bits per heavy atom. The molecular weight excluding hydrogens is 400 g/mol. The Labute approximate surface area is 178 Å². The summed E-state index contributed by atoms with van der Waals surface area (Å²) in [6.45, 7) is 2.91. The number of halogens is 2. The lowest BCUT2D eigenvalue weighted by Crippen LogP contribution is -2.19. The monoisotopic (exact) mass is 423 g/mol. The predicted octanol–water partition coefficient (Wildman–Crippen LogP) is 4.57. The molecule has 0 saturated carbocycles. The molecule has 1 aliphatic rings. The summed E-state index contributed by atoms with van der Waals surface area (Å²) in [6.07, 6.45) is 5.62. The molecule has 0 spiro atoms. The Morgan fingerprint density at radius 3 is 2.74 bits per heavy atom. The van der Waals surface area contributed by atoms with E-state index in [0.29, 0.717) is 22.0 Å². The first-order chi connectivity index (χ1) is 15.0. The van der Waals surface area contributed by atoms with E-state index in [2.05, 4.69) is 56.6 Å². The van der Waals surface area contributed by atoms with Crippen LogP contribution in [0.2, 0.25) is 0 Å². The summed E-state index contributed by atoms with van der Waals surface area (Å²) < 4.78 is 27.7. The van der Waals surface area contributed by atoms with Crippen LogP contribution in [0.1, 0.15) is 25.5 Å². The van der Waals surface area contributed by atoms with Gasteiger partial charge in [-0.1, -0.05) is 31.2 Å². The van der Waals surface area contributed by atoms with E-state index in [4.69, 9.17) is 0 Å². The molecule has 9 heteroatoms. The van der Waals surface area contributed by atoms with Gasteiger partial charge in [0, 0.05) is 24.8 Å². The van der Waals surface area contributed by atoms with Crippen LogP contribution in [-0.2, 0) is 6.54 Å². The number of anilines is 2. The summed E-state index contributed by atoms with van der Waals surface area (Å²) in [7, 11) is 0. The van der Waals surface area contributed by atoms with Crippen molar-refractivity contribution in [3.05, 3.63) is 60.6 Å². The van der Waals surface area contributed by atoms with E-state index in [1.165, 1.54) is 24.4 Å². The number of fused-ring (bicyclic) bond motifs is 1. The third-order valence-corrected chi connectivity index (χ3v) is 5.60. The van der Waals surface area contributed by atoms with Crippen LogP contribution in [0.4, 0.5) is 20.4 Å². The molecule has 1 aromatic carbocycles. The van der Waals surface area contributed by atoms with Gasteiger partial charge < -0.3 is 5.32 Å². The van der Waals surface area contributed by atoms with Crippen LogP contribution in [-0.4, -0.2) is 42.4 Å². The molecule has 0 amide bonds. The van der Waals surface area contributed by atoms with E-state index in [1.807, 2.05) is 18.3 Å². The van der Waals surface area contributed by atoms with E-state index in [1.54, 1.807) is 4.52 Å². The number of aromatic nitrogens is 5. The van der Waals surface area contributed by atoms with Gasteiger partial charge in [-0.05, 0) is 42.1 Å². The number of hydrogen-bond acceptors (Lipinski definition) is 5. The van der Waals surface area contributed by atoms with Crippen LogP contribution in [0, 0.1) is 5.92 Å². The van der Waals surface area contributed by atoms with E-state index in [9.17, 15) is 8.78 Å². The van der Waals surface area contributed by atoms with Crippen molar-refractivity contribution in [1.82, 2.24) is 29.3 Å². The molecule has 0 aliphatic carbocycles. The fourth-order valence-electron chi connectivity index (χ4n) is 4.04. The molecule has 160 valence electrons. The number of likely N-dealkylation sites (tertiary alicyclic amines) is 1. The minimum absolute atomic E-state index is 0.320. The van der Waals surface area contributed by atoms with E-state index < -0.39 is 6.55 Å². The molecule has 0 bridgehead atoms. The van der Waals surface area contributed by atoms with Gasteiger partial charge in [-0.3, -0.25) is 4.90 Å². The molecule has 1 saturated heterocycles. The number of hydrogen-bond donors (Lipinski definition) is 1. The Morgan fingerprint density at radius 2 is 2.03 bits per heavy atom. The van der Waals surface area contributed by atoms with Gasteiger partial charge in [0.05, 0.1) is 18.1 Å². The number of benzene rings is 1. The zero-order chi connectivity index (χ0) is 21.4. The highest BCUT2D eigenvalue weighted by molar-refractivity contribution is 5.78. The SMILES string of the molecule is C[C@H]1CCN(Cc2ccc(-c3cccn4nc(Nc5cnn(C(F)F)c5)nc34)cc2)C1. The number of nitrogens with zero attached hydrogens (tertiary/aromatic N) is 6. The molecule has 3 aromatic heterocycles. The first-order valence-corrected chi connectivity index (χ1v) is 10.3. The third-order valence-electron chi connectivity index (χ3n) is 5.60. The van der Waals surface area contributed by atoms with Crippen molar-refractivity contribution in [1.29, 1.82) is 0 Å². The van der Waals surface area contributed by atoms with E-state index in [-0.39, 0.29) is 0 Å². The summed E-state index contributed by atoms with van der Waals surface area (Å²) in [5, 5.41) is 11.0. The highest BCUT2D eigenvalue weighted by atomic mass is 19.3. The van der Waals surface area contributed by atoms with Gasteiger partial charge in [0.2, 0.25) is 5.95 Å². The number of pyridine rings is 1. The second kappa shape index (κ2) is 8.07. The zero-order valence-electron chi connectivity index (χ0n) is 17.1. The number of nitrogens with one attached hydrogen (secondary N) is 1. The van der Waals surface area contributed by atoms with Crippen molar-refractivity contribution in [2.45, 2.75) is 26.4 Å². The number of rotatable bonds is 6. The highest BCUT2D eigenvalue weighted by Crippen LogP contribution is 2.26. The lowest BCUT2D eigenvalue weighted by molar-refractivity contribution is 0.0566. The van der Waals surface area contributed by atoms with E-state index in [0.717, 1.165) is 36.7 Å². The maximum absolute atomic E-state index is 12.7. The maximum atomic E-state index is 12.7. The predicted molar refractivity (Wildman–Crippen MR) is 114 cm³/mol. The molecule has 0 unspecified atom stereocenters. The second-order valence-corrected chi connectivity index (χ2v) is 8.06. The van der Waals surface area contributed by atoms with Crippen LogP contribution in [0.15, 0.2) is 55.0 Å². The van der Waals surface area contributed by atoms with Crippen molar-refractivity contribution >= 4 is 17.3 Å². The van der Waals surface area contributed by atoms with Crippen LogP contribution in [0.5, 0.6) is 0 Å². The minimum atomic E-state index is -2.69. The molecule has 5 rings (SSSR count). The normalized spacial score (nSPS) is 17.1. The second-order valence-electron chi connectivity index (χ2n) is 8.06. The summed E-state index contributed by atoms with van der Waals surface area (Å²) in [6, 6.07) is 12.5. The van der Waals surface area contributed by atoms with Gasteiger partial charge in [-0.25, -0.2) is 9.20 Å². The van der Waals surface area contributed by atoms with Gasteiger partial charge in [0.25, 0.3) is 0 Å². The molecule has 4 aromatic rings. The molecule has 7 nitrogen and oxygen atoms in total.